The van der Waals surface area contributed by atoms with Gasteiger partial charge in [0.05, 0.1) is 17.5 Å². The molecule has 196 valence electrons. The summed E-state index contributed by atoms with van der Waals surface area (Å²) >= 11 is 0. The van der Waals surface area contributed by atoms with Crippen LogP contribution in [-0.4, -0.2) is 44.7 Å². The van der Waals surface area contributed by atoms with Gasteiger partial charge >= 0.3 is 5.97 Å². The van der Waals surface area contributed by atoms with Crippen molar-refractivity contribution in [1.82, 2.24) is 0 Å². The van der Waals surface area contributed by atoms with Crippen LogP contribution in [0.2, 0.25) is 0 Å². The number of ketones is 2. The summed E-state index contributed by atoms with van der Waals surface area (Å²) < 4.78 is 0. The fraction of sp³-hybridized carbons (Fsp3) is 0.233. The summed E-state index contributed by atoms with van der Waals surface area (Å²) in [6.07, 6.45) is 3.53. The summed E-state index contributed by atoms with van der Waals surface area (Å²) in [5.74, 6) is -6.22. The third-order valence-corrected chi connectivity index (χ3v) is 8.24. The van der Waals surface area contributed by atoms with E-state index < -0.39 is 47.2 Å². The van der Waals surface area contributed by atoms with Gasteiger partial charge in [0, 0.05) is 28.7 Å². The number of carboxylic acids is 1. The van der Waals surface area contributed by atoms with Crippen LogP contribution in [0.5, 0.6) is 11.5 Å². The molecule has 6 rings (SSSR count). The van der Waals surface area contributed by atoms with Crippen molar-refractivity contribution in [3.63, 3.8) is 0 Å². The number of aromatic carboxylic acids is 1. The van der Waals surface area contributed by atoms with Gasteiger partial charge < -0.3 is 15.3 Å². The van der Waals surface area contributed by atoms with Gasteiger partial charge in [-0.25, -0.2) is 9.69 Å². The molecule has 3 aliphatic carbocycles. The van der Waals surface area contributed by atoms with E-state index in [0.29, 0.717) is 22.3 Å². The van der Waals surface area contributed by atoms with Crippen LogP contribution in [0.3, 0.4) is 0 Å². The molecule has 0 aromatic heterocycles. The molecule has 2 aromatic carbocycles. The predicted octanol–water partition coefficient (Wildman–Crippen LogP) is 3.43. The molecule has 1 heterocycles. The highest BCUT2D eigenvalue weighted by Crippen LogP contribution is 2.55. The number of carbonyl (C=O) groups is 5. The largest absolute Gasteiger partial charge is 0.508 e. The third kappa shape index (κ3) is 3.57. The number of benzene rings is 2. The van der Waals surface area contributed by atoms with Crippen LogP contribution in [-0.2, 0) is 19.2 Å². The average Bonchev–Trinajstić information content (AvgIpc) is 3.15. The SMILES string of the molecule is CC1=CC(=O)C2=C(C[C@@H]3C(=CC[C@@H]4C(=O)N(c5ccc(C(=O)O)c(O)c5)C(=O)[C@@H]43)[C@@H]2c2cccc(O)c2)C1=O. The minimum absolute atomic E-state index is 0.00437. The first kappa shape index (κ1) is 24.5. The number of Topliss-reactive ketones (excluding diaryl/α,β-unsaturated/α-hetero) is 1. The highest BCUT2D eigenvalue weighted by molar-refractivity contribution is 6.25. The fourth-order valence-corrected chi connectivity index (χ4v) is 6.56. The van der Waals surface area contributed by atoms with Gasteiger partial charge in [0.1, 0.15) is 17.1 Å². The molecule has 1 fully saturated rings. The Bertz CT molecular complexity index is 1630. The lowest BCUT2D eigenvalue weighted by molar-refractivity contribution is -0.123. The topological polar surface area (TPSA) is 149 Å². The number of carboxylic acid groups (broad SMARTS) is 1. The van der Waals surface area contributed by atoms with Gasteiger partial charge in [0.25, 0.3) is 0 Å². The van der Waals surface area contributed by atoms with Gasteiger partial charge in [-0.15, -0.1) is 0 Å². The van der Waals surface area contributed by atoms with Crippen LogP contribution in [0, 0.1) is 17.8 Å². The maximum absolute atomic E-state index is 13.9. The van der Waals surface area contributed by atoms with E-state index >= 15 is 0 Å². The summed E-state index contributed by atoms with van der Waals surface area (Å²) in [5.41, 5.74) is 2.02. The van der Waals surface area contributed by atoms with Gasteiger partial charge in [-0.1, -0.05) is 23.8 Å². The number of fused-ring (bicyclic) bond motifs is 3. The predicted molar refractivity (Wildman–Crippen MR) is 137 cm³/mol. The van der Waals surface area contributed by atoms with E-state index in [0.717, 1.165) is 22.6 Å². The van der Waals surface area contributed by atoms with Crippen molar-refractivity contribution in [3.8, 4) is 11.5 Å². The molecule has 1 saturated heterocycles. The van der Waals surface area contributed by atoms with E-state index in [2.05, 4.69) is 0 Å². The zero-order valence-corrected chi connectivity index (χ0v) is 20.7. The number of allylic oxidation sites excluding steroid dienone is 6. The minimum Gasteiger partial charge on any atom is -0.508 e. The highest BCUT2D eigenvalue weighted by atomic mass is 16.4. The molecule has 0 unspecified atom stereocenters. The van der Waals surface area contributed by atoms with E-state index in [9.17, 15) is 39.3 Å². The number of nitrogens with zero attached hydrogens (tertiary/aromatic N) is 1. The van der Waals surface area contributed by atoms with Gasteiger partial charge in [0.15, 0.2) is 11.6 Å². The smallest absolute Gasteiger partial charge is 0.339 e. The first-order valence-electron chi connectivity index (χ1n) is 12.5. The van der Waals surface area contributed by atoms with Crippen molar-refractivity contribution in [2.24, 2.45) is 17.8 Å². The quantitative estimate of drug-likeness (QED) is 0.314. The number of anilines is 1. The first-order valence-corrected chi connectivity index (χ1v) is 12.5. The first-order chi connectivity index (χ1) is 18.6. The van der Waals surface area contributed by atoms with E-state index in [1.165, 1.54) is 24.3 Å². The van der Waals surface area contributed by atoms with Gasteiger partial charge in [-0.3, -0.25) is 19.2 Å². The van der Waals surface area contributed by atoms with Crippen LogP contribution < -0.4 is 4.90 Å². The summed E-state index contributed by atoms with van der Waals surface area (Å²) in [4.78, 5) is 66.2. The average molecular weight is 526 g/mol. The molecule has 0 saturated carbocycles. The minimum atomic E-state index is -1.35. The Balaban J connectivity index is 1.46. The van der Waals surface area contributed by atoms with Crippen LogP contribution in [0.25, 0.3) is 0 Å². The normalized spacial score (nSPS) is 26.1. The highest BCUT2D eigenvalue weighted by Gasteiger charge is 2.56. The molecule has 2 amide bonds. The molecular weight excluding hydrogens is 502 g/mol. The molecule has 9 heteroatoms. The number of rotatable bonds is 3. The van der Waals surface area contributed by atoms with E-state index in [-0.39, 0.29) is 41.4 Å². The van der Waals surface area contributed by atoms with E-state index in [1.54, 1.807) is 19.1 Å². The number of carbonyl (C=O) groups excluding carboxylic acids is 4. The Morgan fingerprint density at radius 1 is 0.974 bits per heavy atom. The van der Waals surface area contributed by atoms with Crippen molar-refractivity contribution in [2.75, 3.05) is 4.90 Å². The van der Waals surface area contributed by atoms with Gasteiger partial charge in [-0.2, -0.15) is 0 Å². The maximum atomic E-state index is 13.9. The monoisotopic (exact) mass is 525 g/mol. The molecule has 0 bridgehead atoms. The third-order valence-electron chi connectivity index (χ3n) is 8.24. The van der Waals surface area contributed by atoms with Crippen molar-refractivity contribution in [1.29, 1.82) is 0 Å². The maximum Gasteiger partial charge on any atom is 0.339 e. The van der Waals surface area contributed by atoms with E-state index in [4.69, 9.17) is 0 Å². The summed E-state index contributed by atoms with van der Waals surface area (Å²) in [5, 5.41) is 29.6. The Morgan fingerprint density at radius 3 is 2.44 bits per heavy atom. The second-order valence-corrected chi connectivity index (χ2v) is 10.3. The second-order valence-electron chi connectivity index (χ2n) is 10.3. The number of phenolic OH excluding ortho intramolecular Hbond substituents is 1. The Labute approximate surface area is 222 Å². The fourth-order valence-electron chi connectivity index (χ4n) is 6.56. The molecule has 4 atom stereocenters. The number of amides is 2. The Kier molecular flexibility index (Phi) is 5.43. The lowest BCUT2D eigenvalue weighted by Crippen LogP contribution is -2.39. The lowest BCUT2D eigenvalue weighted by Gasteiger charge is -2.42. The number of imide groups is 1. The van der Waals surface area contributed by atoms with Crippen molar-refractivity contribution in [3.05, 3.63) is 88.0 Å². The summed E-state index contributed by atoms with van der Waals surface area (Å²) in [6, 6.07) is 9.97. The number of aromatic hydroxyl groups is 2. The lowest BCUT2D eigenvalue weighted by atomic mass is 9.59. The number of hydrogen-bond donors (Lipinski definition) is 3. The Hall–Kier alpha value is -4.79. The van der Waals surface area contributed by atoms with Crippen molar-refractivity contribution >= 4 is 35.0 Å². The molecule has 3 N–H and O–H groups in total. The van der Waals surface area contributed by atoms with Crippen LogP contribution in [0.15, 0.2) is 76.9 Å². The summed E-state index contributed by atoms with van der Waals surface area (Å²) in [6.45, 7) is 1.57. The van der Waals surface area contributed by atoms with Gasteiger partial charge in [-0.05, 0) is 61.6 Å². The second kappa shape index (κ2) is 8.62. The van der Waals surface area contributed by atoms with Crippen molar-refractivity contribution in [2.45, 2.75) is 25.7 Å². The molecule has 0 spiro atoms. The zero-order chi connectivity index (χ0) is 27.7. The molecular formula is C30H23NO8. The standard InChI is InChI=1S/C30H23NO8/c1-13-9-23(34)26-21(27(13)35)12-20-17(24(26)14-3-2-4-16(32)10-14)7-8-19-25(20)29(37)31(28(19)36)15-5-6-18(30(38)39)22(33)11-15/h2-7,9-11,19-20,24-25,32-33H,8,12H2,1H3,(H,38,39)/t19-,20+,24-,25-/m0/s1. The molecule has 4 aliphatic rings. The molecule has 2 aromatic rings. The van der Waals surface area contributed by atoms with Gasteiger partial charge in [0.2, 0.25) is 11.8 Å². The molecule has 39 heavy (non-hydrogen) atoms. The zero-order valence-electron chi connectivity index (χ0n) is 20.7. The molecule has 0 radical (unpaired) electrons. The molecule has 1 aliphatic heterocycles. The summed E-state index contributed by atoms with van der Waals surface area (Å²) in [7, 11) is 0. The number of hydrogen-bond acceptors (Lipinski definition) is 7. The number of phenols is 2. The van der Waals surface area contributed by atoms with Crippen LogP contribution in [0.4, 0.5) is 5.69 Å². The van der Waals surface area contributed by atoms with Crippen molar-refractivity contribution < 1.29 is 39.3 Å². The molecule has 9 nitrogen and oxygen atoms in total. The Morgan fingerprint density at radius 2 is 1.74 bits per heavy atom. The van der Waals surface area contributed by atoms with E-state index in [1.807, 2.05) is 6.08 Å². The van der Waals surface area contributed by atoms with Crippen LogP contribution >= 0.6 is 0 Å². The van der Waals surface area contributed by atoms with Crippen LogP contribution in [0.1, 0.15) is 41.6 Å².